The predicted molar refractivity (Wildman–Crippen MR) is 107 cm³/mol. The van der Waals surface area contributed by atoms with E-state index in [1.54, 1.807) is 18.5 Å². The van der Waals surface area contributed by atoms with Crippen molar-refractivity contribution in [1.82, 2.24) is 25.4 Å². The van der Waals surface area contributed by atoms with Crippen molar-refractivity contribution in [3.8, 4) is 0 Å². The minimum absolute atomic E-state index is 0. The maximum atomic E-state index is 11.1. The van der Waals surface area contributed by atoms with E-state index in [1.807, 2.05) is 6.92 Å². The number of aromatic amines is 1. The Kier molecular flexibility index (Phi) is 7.42. The Morgan fingerprint density at radius 3 is 2.81 bits per heavy atom. The number of amides is 1. The second kappa shape index (κ2) is 9.55. The third kappa shape index (κ3) is 4.96. The molecule has 1 aliphatic heterocycles. The van der Waals surface area contributed by atoms with Crippen molar-refractivity contribution in [2.24, 2.45) is 10.7 Å². The summed E-state index contributed by atoms with van der Waals surface area (Å²) in [6.45, 7) is 4.96. The van der Waals surface area contributed by atoms with Crippen molar-refractivity contribution in [2.45, 2.75) is 32.2 Å². The number of halogens is 1. The Balaban J connectivity index is 0.00000243. The third-order valence-corrected chi connectivity index (χ3v) is 4.24. The molecule has 142 valence electrons. The van der Waals surface area contributed by atoms with Gasteiger partial charge in [-0.2, -0.15) is 5.10 Å². The highest BCUT2D eigenvalue weighted by molar-refractivity contribution is 14.0. The Morgan fingerprint density at radius 1 is 1.46 bits per heavy atom. The van der Waals surface area contributed by atoms with Crippen molar-refractivity contribution >= 4 is 35.8 Å². The number of likely N-dealkylation sites (tertiary alicyclic amines) is 1. The van der Waals surface area contributed by atoms with Crippen LogP contribution in [-0.2, 0) is 6.54 Å². The van der Waals surface area contributed by atoms with E-state index in [1.165, 1.54) is 0 Å². The van der Waals surface area contributed by atoms with Crippen molar-refractivity contribution in [1.29, 1.82) is 0 Å². The molecular weight excluding hydrogens is 449 g/mol. The quantitative estimate of drug-likeness (QED) is 0.343. The fourth-order valence-corrected chi connectivity index (χ4v) is 2.95. The zero-order chi connectivity index (χ0) is 17.6. The number of piperidine rings is 1. The molecule has 9 nitrogen and oxygen atoms in total. The highest BCUT2D eigenvalue weighted by Crippen LogP contribution is 2.25. The molecule has 0 radical (unpaired) electrons. The lowest BCUT2D eigenvalue weighted by atomic mass is 9.96. The Labute approximate surface area is 168 Å². The number of hydrogen-bond donors (Lipinski definition) is 3. The van der Waals surface area contributed by atoms with E-state index in [0.717, 1.165) is 44.3 Å². The molecule has 0 aromatic carbocycles. The van der Waals surface area contributed by atoms with Gasteiger partial charge >= 0.3 is 0 Å². The first-order chi connectivity index (χ1) is 12.2. The third-order valence-electron chi connectivity index (χ3n) is 4.24. The Morgan fingerprint density at radius 2 is 2.23 bits per heavy atom. The van der Waals surface area contributed by atoms with Crippen LogP contribution in [0.4, 0.5) is 0 Å². The molecule has 1 fully saturated rings. The van der Waals surface area contributed by atoms with Gasteiger partial charge in [-0.3, -0.25) is 9.89 Å². The lowest BCUT2D eigenvalue weighted by Crippen LogP contribution is -2.45. The van der Waals surface area contributed by atoms with Crippen molar-refractivity contribution in [3.63, 3.8) is 0 Å². The summed E-state index contributed by atoms with van der Waals surface area (Å²) >= 11 is 0. The van der Waals surface area contributed by atoms with Crippen LogP contribution in [-0.4, -0.2) is 51.6 Å². The first-order valence-electron chi connectivity index (χ1n) is 8.44. The number of aromatic nitrogens is 3. The maximum absolute atomic E-state index is 11.1. The zero-order valence-corrected chi connectivity index (χ0v) is 17.0. The van der Waals surface area contributed by atoms with Crippen LogP contribution >= 0.6 is 24.0 Å². The van der Waals surface area contributed by atoms with Crippen LogP contribution in [0.25, 0.3) is 0 Å². The van der Waals surface area contributed by atoms with E-state index in [4.69, 9.17) is 10.2 Å². The van der Waals surface area contributed by atoms with Gasteiger partial charge in [-0.05, 0) is 31.9 Å². The van der Waals surface area contributed by atoms with E-state index in [0.29, 0.717) is 18.2 Å². The topological polar surface area (TPSA) is 125 Å². The van der Waals surface area contributed by atoms with Gasteiger partial charge in [0.05, 0.1) is 0 Å². The summed E-state index contributed by atoms with van der Waals surface area (Å²) in [4.78, 5) is 22.2. The van der Waals surface area contributed by atoms with Gasteiger partial charge in [0.1, 0.15) is 24.5 Å². The Bertz CT molecular complexity index is 721. The van der Waals surface area contributed by atoms with Gasteiger partial charge in [0.25, 0.3) is 5.91 Å². The van der Waals surface area contributed by atoms with Crippen LogP contribution in [0.15, 0.2) is 27.9 Å². The van der Waals surface area contributed by atoms with Crippen LogP contribution in [0, 0.1) is 0 Å². The summed E-state index contributed by atoms with van der Waals surface area (Å²) in [6, 6.07) is 3.30. The van der Waals surface area contributed by atoms with Crippen LogP contribution in [0.3, 0.4) is 0 Å². The summed E-state index contributed by atoms with van der Waals surface area (Å²) in [7, 11) is 0. The van der Waals surface area contributed by atoms with E-state index in [-0.39, 0.29) is 29.7 Å². The Hall–Kier alpha value is -2.11. The molecule has 1 saturated heterocycles. The largest absolute Gasteiger partial charge is 0.454 e. The van der Waals surface area contributed by atoms with E-state index < -0.39 is 5.91 Å². The lowest BCUT2D eigenvalue weighted by Gasteiger charge is -2.33. The summed E-state index contributed by atoms with van der Waals surface area (Å²) < 4.78 is 5.38. The molecule has 1 aliphatic rings. The molecule has 1 amide bonds. The first kappa shape index (κ1) is 20.2. The van der Waals surface area contributed by atoms with Crippen molar-refractivity contribution in [2.75, 3.05) is 19.6 Å². The lowest BCUT2D eigenvalue weighted by molar-refractivity contribution is 0.0972. The molecule has 0 unspecified atom stereocenters. The fourth-order valence-electron chi connectivity index (χ4n) is 2.95. The molecular formula is C16H24IN7O2. The SMILES string of the molecule is CCNC(=NCc1ccc(C(N)=O)o1)N1CCC(c2ncn[nH]2)CC1.I. The summed E-state index contributed by atoms with van der Waals surface area (Å²) in [5.74, 6) is 2.40. The number of aliphatic imine (C=N–C) groups is 1. The molecule has 26 heavy (non-hydrogen) atoms. The molecule has 2 aromatic rings. The second-order valence-electron chi connectivity index (χ2n) is 5.93. The number of rotatable bonds is 5. The molecule has 0 saturated carbocycles. The average Bonchev–Trinajstić information content (AvgIpc) is 3.30. The fraction of sp³-hybridized carbons (Fsp3) is 0.500. The van der Waals surface area contributed by atoms with Gasteiger partial charge in [-0.15, -0.1) is 24.0 Å². The smallest absolute Gasteiger partial charge is 0.284 e. The molecule has 4 N–H and O–H groups in total. The minimum atomic E-state index is -0.573. The van der Waals surface area contributed by atoms with Crippen molar-refractivity contribution in [3.05, 3.63) is 35.8 Å². The number of nitrogens with zero attached hydrogens (tertiary/aromatic N) is 4. The molecule has 0 atom stereocenters. The highest BCUT2D eigenvalue weighted by atomic mass is 127. The molecule has 0 aliphatic carbocycles. The first-order valence-corrected chi connectivity index (χ1v) is 8.44. The van der Waals surface area contributed by atoms with Gasteiger partial charge in [0.15, 0.2) is 11.7 Å². The second-order valence-corrected chi connectivity index (χ2v) is 5.93. The van der Waals surface area contributed by atoms with Gasteiger partial charge in [0.2, 0.25) is 0 Å². The zero-order valence-electron chi connectivity index (χ0n) is 14.6. The molecule has 3 rings (SSSR count). The van der Waals surface area contributed by atoms with Crippen LogP contribution in [0.1, 0.15) is 47.8 Å². The van der Waals surface area contributed by atoms with E-state index >= 15 is 0 Å². The molecule has 0 bridgehead atoms. The number of hydrogen-bond acceptors (Lipinski definition) is 5. The van der Waals surface area contributed by atoms with Crippen LogP contribution < -0.4 is 11.1 Å². The van der Waals surface area contributed by atoms with Crippen molar-refractivity contribution < 1.29 is 9.21 Å². The molecule has 3 heterocycles. The standard InChI is InChI=1S/C16H23N7O2.HI/c1-2-18-16(19-9-12-3-4-13(25-12)14(17)24)23-7-5-11(6-8-23)15-20-10-21-22-15;/h3-4,10-11H,2,5-9H2,1H3,(H2,17,24)(H,18,19)(H,20,21,22);1H. The monoisotopic (exact) mass is 473 g/mol. The average molecular weight is 473 g/mol. The van der Waals surface area contributed by atoms with Crippen LogP contribution in [0.5, 0.6) is 0 Å². The van der Waals surface area contributed by atoms with Gasteiger partial charge < -0.3 is 20.4 Å². The van der Waals surface area contributed by atoms with Crippen LogP contribution in [0.2, 0.25) is 0 Å². The number of nitrogens with two attached hydrogens (primary N) is 1. The summed E-state index contributed by atoms with van der Waals surface area (Å²) in [5.41, 5.74) is 5.20. The summed E-state index contributed by atoms with van der Waals surface area (Å²) in [5, 5.41) is 10.2. The maximum Gasteiger partial charge on any atom is 0.284 e. The number of H-pyrrole nitrogens is 1. The minimum Gasteiger partial charge on any atom is -0.454 e. The number of carbonyl (C=O) groups is 1. The molecule has 0 spiro atoms. The number of guanidine groups is 1. The highest BCUT2D eigenvalue weighted by Gasteiger charge is 2.24. The predicted octanol–water partition coefficient (Wildman–Crippen LogP) is 1.46. The van der Waals surface area contributed by atoms with E-state index in [9.17, 15) is 4.79 Å². The normalized spacial score (nSPS) is 15.6. The van der Waals surface area contributed by atoms with Gasteiger partial charge in [-0.25, -0.2) is 9.98 Å². The van der Waals surface area contributed by atoms with Gasteiger partial charge in [0, 0.05) is 25.6 Å². The number of nitrogens with one attached hydrogen (secondary N) is 2. The van der Waals surface area contributed by atoms with E-state index in [2.05, 4.69) is 30.4 Å². The molecule has 10 heteroatoms. The number of primary amides is 1. The summed E-state index contributed by atoms with van der Waals surface area (Å²) in [6.07, 6.45) is 3.54. The van der Waals surface area contributed by atoms with Gasteiger partial charge in [-0.1, -0.05) is 0 Å². The number of furan rings is 1. The number of carbonyl (C=O) groups excluding carboxylic acids is 1. The molecule has 2 aromatic heterocycles.